The molecule has 0 saturated carbocycles. The number of unbranched alkanes of at least 4 members (excludes halogenated alkanes) is 1. The van der Waals surface area contributed by atoms with Crippen LogP contribution in [0.5, 0.6) is 5.75 Å². The molecule has 2 aromatic heterocycles. The number of aryl methyl sites for hydroxylation is 2. The minimum absolute atomic E-state index is 0.236. The predicted molar refractivity (Wildman–Crippen MR) is 193 cm³/mol. The van der Waals surface area contributed by atoms with E-state index >= 15 is 0 Å². The summed E-state index contributed by atoms with van der Waals surface area (Å²) >= 11 is 12.7. The molecule has 0 amide bonds. The van der Waals surface area contributed by atoms with E-state index in [0.29, 0.717) is 41.8 Å². The molecule has 0 saturated heterocycles. The number of sulfonamides is 1. The van der Waals surface area contributed by atoms with Crippen molar-refractivity contribution in [1.29, 1.82) is 0 Å². The highest BCUT2D eigenvalue weighted by Crippen LogP contribution is 2.35. The molecule has 11 heteroatoms. The Hall–Kier alpha value is -3.63. The standard InChI is InChI=1S/C36H39Cl2N5O3S/c1-24-21-35(30-22-25(37)9-15-33(30)41-24)39-18-20-43(47(44,45)28-13-11-27(46-2)12-14-28)19-6-5-17-40-36-29-7-3-4-8-32(29)42-34-16-10-26(38)23-31(34)36/h9-16,21-23H,3-8,17-20H2,1-2H3,(H,39,41)(H,40,42). The number of ether oxygens (including phenoxy) is 1. The molecule has 1 aliphatic rings. The van der Waals surface area contributed by atoms with Crippen LogP contribution in [0.25, 0.3) is 21.8 Å². The van der Waals surface area contributed by atoms with Gasteiger partial charge >= 0.3 is 0 Å². The molecular formula is C36H39Cl2N5O3S. The Bertz CT molecular complexity index is 2010. The van der Waals surface area contributed by atoms with Crippen molar-refractivity contribution in [3.05, 3.63) is 93.7 Å². The van der Waals surface area contributed by atoms with E-state index < -0.39 is 10.0 Å². The van der Waals surface area contributed by atoms with Gasteiger partial charge in [-0.05, 0) is 118 Å². The van der Waals surface area contributed by atoms with E-state index in [4.69, 9.17) is 32.9 Å². The Balaban J connectivity index is 1.16. The van der Waals surface area contributed by atoms with E-state index in [1.807, 2.05) is 49.4 Å². The number of halogens is 2. The molecule has 2 heterocycles. The van der Waals surface area contributed by atoms with Crippen LogP contribution in [0.4, 0.5) is 11.4 Å². The van der Waals surface area contributed by atoms with Gasteiger partial charge < -0.3 is 15.4 Å². The molecular weight excluding hydrogens is 653 g/mol. The lowest BCUT2D eigenvalue weighted by atomic mass is 9.92. The number of hydrogen-bond acceptors (Lipinski definition) is 7. The Labute approximate surface area is 286 Å². The van der Waals surface area contributed by atoms with Crippen LogP contribution in [0, 0.1) is 6.92 Å². The summed E-state index contributed by atoms with van der Waals surface area (Å²) in [6.45, 7) is 3.71. The van der Waals surface area contributed by atoms with Crippen LogP contribution in [0.3, 0.4) is 0 Å². The summed E-state index contributed by atoms with van der Waals surface area (Å²) in [7, 11) is -2.20. The molecule has 0 radical (unpaired) electrons. The molecule has 8 nitrogen and oxygen atoms in total. The first-order chi connectivity index (χ1) is 22.7. The fourth-order valence-corrected chi connectivity index (χ4v) is 8.09. The zero-order valence-corrected chi connectivity index (χ0v) is 29.0. The quantitative estimate of drug-likeness (QED) is 0.120. The summed E-state index contributed by atoms with van der Waals surface area (Å²) in [5.74, 6) is 0.606. The van der Waals surface area contributed by atoms with Gasteiger partial charge in [-0.1, -0.05) is 23.2 Å². The van der Waals surface area contributed by atoms with Crippen molar-refractivity contribution < 1.29 is 13.2 Å². The molecule has 2 N–H and O–H groups in total. The average molecular weight is 693 g/mol. The number of nitrogens with one attached hydrogen (secondary N) is 2. The number of hydrogen-bond donors (Lipinski definition) is 2. The molecule has 3 aromatic carbocycles. The maximum Gasteiger partial charge on any atom is 0.243 e. The third-order valence-electron chi connectivity index (χ3n) is 8.63. The lowest BCUT2D eigenvalue weighted by Crippen LogP contribution is -2.36. The maximum atomic E-state index is 13.9. The highest BCUT2D eigenvalue weighted by Gasteiger charge is 2.24. The number of fused-ring (bicyclic) bond motifs is 3. The lowest BCUT2D eigenvalue weighted by molar-refractivity contribution is 0.409. The molecule has 0 bridgehead atoms. The van der Waals surface area contributed by atoms with Gasteiger partial charge in [-0.2, -0.15) is 4.31 Å². The van der Waals surface area contributed by atoms with Crippen LogP contribution in [0.1, 0.15) is 42.6 Å². The Morgan fingerprint density at radius 2 is 1.51 bits per heavy atom. The highest BCUT2D eigenvalue weighted by molar-refractivity contribution is 7.89. The second-order valence-electron chi connectivity index (χ2n) is 11.9. The Morgan fingerprint density at radius 1 is 0.809 bits per heavy atom. The van der Waals surface area contributed by atoms with Crippen LogP contribution in [-0.2, 0) is 22.9 Å². The van der Waals surface area contributed by atoms with Gasteiger partial charge in [-0.15, -0.1) is 0 Å². The second-order valence-corrected chi connectivity index (χ2v) is 14.7. The molecule has 0 spiro atoms. The van der Waals surface area contributed by atoms with Crippen LogP contribution in [0.15, 0.2) is 71.6 Å². The van der Waals surface area contributed by atoms with Crippen LogP contribution in [-0.4, -0.2) is 56.0 Å². The fraction of sp³-hybridized carbons (Fsp3) is 0.333. The van der Waals surface area contributed by atoms with Gasteiger partial charge in [-0.25, -0.2) is 8.42 Å². The SMILES string of the molecule is COc1ccc(S(=O)(=O)N(CCCCNc2c3c(nc4ccc(Cl)cc24)CCCC3)CCNc2cc(C)nc3ccc(Cl)cc23)cc1. The number of rotatable bonds is 13. The third-order valence-corrected chi connectivity index (χ3v) is 11.0. The number of benzene rings is 3. The van der Waals surface area contributed by atoms with Crippen molar-refractivity contribution in [3.8, 4) is 5.75 Å². The first-order valence-corrected chi connectivity index (χ1v) is 18.2. The van der Waals surface area contributed by atoms with Crippen molar-refractivity contribution in [2.75, 3.05) is 43.9 Å². The smallest absolute Gasteiger partial charge is 0.243 e. The molecule has 0 aliphatic heterocycles. The van der Waals surface area contributed by atoms with Crippen molar-refractivity contribution in [2.24, 2.45) is 0 Å². The zero-order valence-electron chi connectivity index (χ0n) is 26.7. The van der Waals surface area contributed by atoms with Gasteiger partial charge in [0.25, 0.3) is 0 Å². The number of nitrogens with zero attached hydrogens (tertiary/aromatic N) is 3. The average Bonchev–Trinajstić information content (AvgIpc) is 3.07. The molecule has 246 valence electrons. The van der Waals surface area contributed by atoms with Gasteiger partial charge in [0.2, 0.25) is 10.0 Å². The third kappa shape index (κ3) is 7.59. The van der Waals surface area contributed by atoms with Gasteiger partial charge in [0.1, 0.15) is 5.75 Å². The van der Waals surface area contributed by atoms with Crippen LogP contribution in [0.2, 0.25) is 10.0 Å². The molecule has 0 unspecified atom stereocenters. The van der Waals surface area contributed by atoms with Gasteiger partial charge in [0.05, 0.1) is 23.0 Å². The lowest BCUT2D eigenvalue weighted by Gasteiger charge is -2.24. The summed E-state index contributed by atoms with van der Waals surface area (Å²) in [6.07, 6.45) is 5.73. The van der Waals surface area contributed by atoms with Gasteiger partial charge in [0.15, 0.2) is 0 Å². The second kappa shape index (κ2) is 14.6. The molecule has 5 aromatic rings. The van der Waals surface area contributed by atoms with Crippen molar-refractivity contribution >= 4 is 66.4 Å². The molecule has 6 rings (SSSR count). The summed E-state index contributed by atoms with van der Waals surface area (Å²) in [5.41, 5.74) is 7.06. The van der Waals surface area contributed by atoms with E-state index in [2.05, 4.69) is 15.6 Å². The molecule has 1 aliphatic carbocycles. The molecule has 0 fully saturated rings. The first-order valence-electron chi connectivity index (χ1n) is 16.0. The predicted octanol–water partition coefficient (Wildman–Crippen LogP) is 8.28. The van der Waals surface area contributed by atoms with Gasteiger partial charge in [0, 0.05) is 69.8 Å². The van der Waals surface area contributed by atoms with Crippen LogP contribution >= 0.6 is 23.2 Å². The maximum absolute atomic E-state index is 13.9. The Kier molecular flexibility index (Phi) is 10.4. The monoisotopic (exact) mass is 691 g/mol. The minimum Gasteiger partial charge on any atom is -0.497 e. The van der Waals surface area contributed by atoms with E-state index in [-0.39, 0.29) is 11.4 Å². The summed E-state index contributed by atoms with van der Waals surface area (Å²) < 4.78 is 34.6. The first kappa shape index (κ1) is 33.3. The van der Waals surface area contributed by atoms with Crippen LogP contribution < -0.4 is 15.4 Å². The van der Waals surface area contributed by atoms with E-state index in [1.54, 1.807) is 35.7 Å². The van der Waals surface area contributed by atoms with E-state index in [0.717, 1.165) is 76.7 Å². The summed E-state index contributed by atoms with van der Waals surface area (Å²) in [6, 6.07) is 19.9. The highest BCUT2D eigenvalue weighted by atomic mass is 35.5. The van der Waals surface area contributed by atoms with E-state index in [9.17, 15) is 8.42 Å². The van der Waals surface area contributed by atoms with E-state index in [1.165, 1.54) is 5.56 Å². The van der Waals surface area contributed by atoms with Gasteiger partial charge in [-0.3, -0.25) is 9.97 Å². The zero-order chi connectivity index (χ0) is 33.0. The molecule has 47 heavy (non-hydrogen) atoms. The summed E-state index contributed by atoms with van der Waals surface area (Å²) in [4.78, 5) is 9.78. The van der Waals surface area contributed by atoms with Crippen molar-refractivity contribution in [1.82, 2.24) is 14.3 Å². The minimum atomic E-state index is -3.76. The summed E-state index contributed by atoms with van der Waals surface area (Å²) in [5, 5.41) is 10.4. The number of anilines is 2. The fourth-order valence-electron chi connectivity index (χ4n) is 6.27. The number of pyridine rings is 2. The van der Waals surface area contributed by atoms with Crippen molar-refractivity contribution in [2.45, 2.75) is 50.3 Å². The normalized spacial score (nSPS) is 13.2. The largest absolute Gasteiger partial charge is 0.497 e. The number of methoxy groups -OCH3 is 1. The topological polar surface area (TPSA) is 96.5 Å². The van der Waals surface area contributed by atoms with Crippen molar-refractivity contribution in [3.63, 3.8) is 0 Å². The number of aromatic nitrogens is 2. The molecule has 0 atom stereocenters. The Morgan fingerprint density at radius 3 is 2.26 bits per heavy atom.